The summed E-state index contributed by atoms with van der Waals surface area (Å²) in [6.45, 7) is 4.34. The SMILES string of the molecule is Cc1ccc(NC2=CC=CC(C)C2)cc1. The van der Waals surface area contributed by atoms with Crippen LogP contribution >= 0.6 is 0 Å². The van der Waals surface area contributed by atoms with E-state index in [1.807, 2.05) is 0 Å². The van der Waals surface area contributed by atoms with Crippen LogP contribution in [0.1, 0.15) is 18.9 Å². The van der Waals surface area contributed by atoms with Gasteiger partial charge in [0.2, 0.25) is 0 Å². The number of rotatable bonds is 2. The molecule has 2 rings (SSSR count). The third kappa shape index (κ3) is 2.72. The van der Waals surface area contributed by atoms with E-state index in [4.69, 9.17) is 0 Å². The first-order valence-corrected chi connectivity index (χ1v) is 5.45. The monoisotopic (exact) mass is 199 g/mol. The zero-order valence-corrected chi connectivity index (χ0v) is 9.33. The van der Waals surface area contributed by atoms with E-state index in [2.05, 4.69) is 61.7 Å². The predicted octanol–water partition coefficient (Wildman–Crippen LogP) is 3.89. The Labute approximate surface area is 91.5 Å². The van der Waals surface area contributed by atoms with Gasteiger partial charge in [-0.3, -0.25) is 0 Å². The molecule has 0 bridgehead atoms. The van der Waals surface area contributed by atoms with E-state index in [0.29, 0.717) is 5.92 Å². The number of hydrogen-bond acceptors (Lipinski definition) is 1. The Morgan fingerprint density at radius 3 is 2.60 bits per heavy atom. The smallest absolute Gasteiger partial charge is 0.0381 e. The Balaban J connectivity index is 2.06. The largest absolute Gasteiger partial charge is 0.359 e. The Bertz CT molecular complexity index is 384. The zero-order valence-electron chi connectivity index (χ0n) is 9.33. The van der Waals surface area contributed by atoms with Crippen molar-refractivity contribution in [3.8, 4) is 0 Å². The van der Waals surface area contributed by atoms with E-state index >= 15 is 0 Å². The molecule has 1 aliphatic carbocycles. The summed E-state index contributed by atoms with van der Waals surface area (Å²) in [7, 11) is 0. The van der Waals surface area contributed by atoms with Gasteiger partial charge in [0.25, 0.3) is 0 Å². The molecule has 1 atom stereocenters. The summed E-state index contributed by atoms with van der Waals surface area (Å²) in [5.41, 5.74) is 3.77. The minimum atomic E-state index is 0.642. The van der Waals surface area contributed by atoms with Crippen LogP contribution in [0, 0.1) is 12.8 Å². The maximum absolute atomic E-state index is 3.45. The van der Waals surface area contributed by atoms with Gasteiger partial charge in [0.15, 0.2) is 0 Å². The average molecular weight is 199 g/mol. The highest BCUT2D eigenvalue weighted by atomic mass is 14.9. The highest BCUT2D eigenvalue weighted by Gasteiger charge is 2.06. The minimum absolute atomic E-state index is 0.642. The number of allylic oxidation sites excluding steroid dienone is 4. The van der Waals surface area contributed by atoms with Crippen molar-refractivity contribution in [2.24, 2.45) is 5.92 Å². The first kappa shape index (κ1) is 10.0. The van der Waals surface area contributed by atoms with Crippen LogP contribution < -0.4 is 5.32 Å². The molecule has 0 aromatic heterocycles. The predicted molar refractivity (Wildman–Crippen MR) is 65.8 cm³/mol. The molecule has 0 radical (unpaired) electrons. The first-order chi connectivity index (χ1) is 7.24. The van der Waals surface area contributed by atoms with Gasteiger partial charge < -0.3 is 5.32 Å². The van der Waals surface area contributed by atoms with Gasteiger partial charge in [-0.25, -0.2) is 0 Å². The molecular weight excluding hydrogens is 182 g/mol. The zero-order chi connectivity index (χ0) is 10.7. The second-order valence-corrected chi connectivity index (χ2v) is 4.25. The molecule has 0 saturated carbocycles. The fourth-order valence-electron chi connectivity index (χ4n) is 1.76. The maximum atomic E-state index is 3.45. The quantitative estimate of drug-likeness (QED) is 0.762. The van der Waals surface area contributed by atoms with E-state index in [1.165, 1.54) is 16.9 Å². The van der Waals surface area contributed by atoms with Gasteiger partial charge in [0.05, 0.1) is 0 Å². The Morgan fingerprint density at radius 2 is 1.93 bits per heavy atom. The van der Waals surface area contributed by atoms with Crippen molar-refractivity contribution in [3.63, 3.8) is 0 Å². The number of nitrogens with one attached hydrogen (secondary N) is 1. The number of anilines is 1. The Kier molecular flexibility index (Phi) is 2.91. The minimum Gasteiger partial charge on any atom is -0.359 e. The lowest BCUT2D eigenvalue weighted by Gasteiger charge is -2.16. The first-order valence-electron chi connectivity index (χ1n) is 5.45. The molecule has 1 N–H and O–H groups in total. The van der Waals surface area contributed by atoms with Crippen molar-refractivity contribution in [3.05, 3.63) is 53.8 Å². The van der Waals surface area contributed by atoms with E-state index in [1.54, 1.807) is 0 Å². The molecule has 1 aromatic carbocycles. The molecule has 0 amide bonds. The van der Waals surface area contributed by atoms with Gasteiger partial charge in [-0.2, -0.15) is 0 Å². The molecule has 0 saturated heterocycles. The van der Waals surface area contributed by atoms with Crippen LogP contribution in [0.2, 0.25) is 0 Å². The summed E-state index contributed by atoms with van der Waals surface area (Å²) in [6, 6.07) is 8.51. The Morgan fingerprint density at radius 1 is 1.20 bits per heavy atom. The fourth-order valence-corrected chi connectivity index (χ4v) is 1.76. The molecule has 0 aliphatic heterocycles. The number of hydrogen-bond donors (Lipinski definition) is 1. The van der Waals surface area contributed by atoms with Crippen molar-refractivity contribution >= 4 is 5.69 Å². The van der Waals surface area contributed by atoms with Crippen LogP contribution in [0.25, 0.3) is 0 Å². The molecule has 78 valence electrons. The van der Waals surface area contributed by atoms with Gasteiger partial charge in [0.1, 0.15) is 0 Å². The van der Waals surface area contributed by atoms with Crippen LogP contribution in [0.3, 0.4) is 0 Å². The highest BCUT2D eigenvalue weighted by molar-refractivity contribution is 5.50. The number of benzene rings is 1. The summed E-state index contributed by atoms with van der Waals surface area (Å²) in [4.78, 5) is 0. The third-order valence-corrected chi connectivity index (χ3v) is 2.64. The second kappa shape index (κ2) is 4.35. The third-order valence-electron chi connectivity index (χ3n) is 2.64. The second-order valence-electron chi connectivity index (χ2n) is 4.25. The van der Waals surface area contributed by atoms with E-state index in [0.717, 1.165) is 6.42 Å². The van der Waals surface area contributed by atoms with Crippen molar-refractivity contribution in [2.45, 2.75) is 20.3 Å². The van der Waals surface area contributed by atoms with Gasteiger partial charge in [0, 0.05) is 11.4 Å². The summed E-state index contributed by atoms with van der Waals surface area (Å²) in [5.74, 6) is 0.642. The fraction of sp³-hybridized carbons (Fsp3) is 0.286. The normalized spacial score (nSPS) is 19.9. The molecule has 1 aliphatic rings. The van der Waals surface area contributed by atoms with Gasteiger partial charge in [-0.05, 0) is 37.5 Å². The highest BCUT2D eigenvalue weighted by Crippen LogP contribution is 2.20. The van der Waals surface area contributed by atoms with Gasteiger partial charge in [-0.15, -0.1) is 0 Å². The molecule has 1 nitrogen and oxygen atoms in total. The van der Waals surface area contributed by atoms with Crippen LogP contribution in [-0.2, 0) is 0 Å². The summed E-state index contributed by atoms with van der Waals surface area (Å²) in [5, 5.41) is 3.45. The molecule has 0 heterocycles. The number of aryl methyl sites for hydroxylation is 1. The molecular formula is C14H17N. The van der Waals surface area contributed by atoms with Crippen LogP contribution in [-0.4, -0.2) is 0 Å². The lowest BCUT2D eigenvalue weighted by molar-refractivity contribution is 0.710. The van der Waals surface area contributed by atoms with Crippen LogP contribution in [0.4, 0.5) is 5.69 Å². The van der Waals surface area contributed by atoms with Crippen molar-refractivity contribution < 1.29 is 0 Å². The van der Waals surface area contributed by atoms with Crippen LogP contribution in [0.5, 0.6) is 0 Å². The molecule has 0 fully saturated rings. The molecule has 1 unspecified atom stereocenters. The van der Waals surface area contributed by atoms with E-state index < -0.39 is 0 Å². The van der Waals surface area contributed by atoms with Crippen molar-refractivity contribution in [2.75, 3.05) is 5.32 Å². The lowest BCUT2D eigenvalue weighted by Crippen LogP contribution is -2.06. The Hall–Kier alpha value is -1.50. The lowest BCUT2D eigenvalue weighted by atomic mass is 10.0. The maximum Gasteiger partial charge on any atom is 0.0381 e. The molecule has 1 aromatic rings. The molecule has 1 heteroatoms. The average Bonchev–Trinajstić information content (AvgIpc) is 2.22. The van der Waals surface area contributed by atoms with Gasteiger partial charge in [-0.1, -0.05) is 36.8 Å². The van der Waals surface area contributed by atoms with Crippen molar-refractivity contribution in [1.29, 1.82) is 0 Å². The summed E-state index contributed by atoms with van der Waals surface area (Å²) >= 11 is 0. The van der Waals surface area contributed by atoms with Gasteiger partial charge >= 0.3 is 0 Å². The standard InChI is InChI=1S/C14H17N/c1-11-6-8-13(9-7-11)15-14-5-3-4-12(2)10-14/h3-9,12,15H,10H2,1-2H3. The molecule has 15 heavy (non-hydrogen) atoms. The summed E-state index contributed by atoms with van der Waals surface area (Å²) < 4.78 is 0. The molecule has 0 spiro atoms. The van der Waals surface area contributed by atoms with Crippen molar-refractivity contribution in [1.82, 2.24) is 0 Å². The van der Waals surface area contributed by atoms with E-state index in [9.17, 15) is 0 Å². The van der Waals surface area contributed by atoms with Crippen LogP contribution in [0.15, 0.2) is 48.2 Å². The summed E-state index contributed by atoms with van der Waals surface area (Å²) in [6.07, 6.45) is 7.62. The van der Waals surface area contributed by atoms with E-state index in [-0.39, 0.29) is 0 Å². The topological polar surface area (TPSA) is 12.0 Å².